The molecule has 0 amide bonds. The summed E-state index contributed by atoms with van der Waals surface area (Å²) in [5.41, 5.74) is 0.100. The van der Waals surface area contributed by atoms with Crippen molar-refractivity contribution < 1.29 is 26.0 Å². The van der Waals surface area contributed by atoms with E-state index in [1.807, 2.05) is 0 Å². The molecule has 0 aliphatic rings. The van der Waals surface area contributed by atoms with Crippen molar-refractivity contribution in [1.82, 2.24) is 14.2 Å². The largest absolute Gasteiger partial charge is 0.416 e. The summed E-state index contributed by atoms with van der Waals surface area (Å²) in [5.74, 6) is -0.743. The fraction of sp³-hybridized carbons (Fsp3) is 0.0476. The van der Waals surface area contributed by atoms with Gasteiger partial charge in [0.1, 0.15) is 5.82 Å². The number of halogens is 4. The van der Waals surface area contributed by atoms with Crippen molar-refractivity contribution in [2.45, 2.75) is 11.1 Å². The number of alkyl halides is 3. The topological polar surface area (TPSA) is 64.8 Å². The Morgan fingerprint density at radius 3 is 2.23 bits per heavy atom. The Hall–Kier alpha value is -3.53. The van der Waals surface area contributed by atoms with Crippen molar-refractivity contribution in [2.75, 3.05) is 0 Å². The van der Waals surface area contributed by atoms with Crippen molar-refractivity contribution in [2.24, 2.45) is 0 Å². The Labute approximate surface area is 174 Å². The van der Waals surface area contributed by atoms with Crippen LogP contribution in [-0.4, -0.2) is 22.6 Å². The van der Waals surface area contributed by atoms with E-state index in [0.29, 0.717) is 9.65 Å². The Morgan fingerprint density at radius 1 is 0.839 bits per heavy atom. The Bertz CT molecular complexity index is 1350. The number of hydrogen-bond donors (Lipinski definition) is 0. The lowest BCUT2D eigenvalue weighted by Crippen LogP contribution is -2.13. The van der Waals surface area contributed by atoms with Gasteiger partial charge in [0.25, 0.3) is 10.0 Å². The van der Waals surface area contributed by atoms with E-state index < -0.39 is 27.6 Å². The summed E-state index contributed by atoms with van der Waals surface area (Å²) in [5, 5.41) is 3.78. The molecule has 158 valence electrons. The van der Waals surface area contributed by atoms with Crippen molar-refractivity contribution in [3.05, 3.63) is 90.8 Å². The van der Waals surface area contributed by atoms with Gasteiger partial charge in [-0.2, -0.15) is 30.8 Å². The summed E-state index contributed by atoms with van der Waals surface area (Å²) in [6, 6.07) is 11.0. The highest BCUT2D eigenvalue weighted by Crippen LogP contribution is 2.36. The first-order valence-corrected chi connectivity index (χ1v) is 10.3. The molecule has 4 rings (SSSR count). The minimum Gasteiger partial charge on any atom is -0.264 e. The Balaban J connectivity index is 1.81. The molecule has 0 N–H and O–H groups in total. The third-order valence-electron chi connectivity index (χ3n) is 4.49. The van der Waals surface area contributed by atoms with Gasteiger partial charge in [-0.25, -0.2) is 4.39 Å². The monoisotopic (exact) mass is 447 g/mol. The summed E-state index contributed by atoms with van der Waals surface area (Å²) in [7, 11) is -4.22. The smallest absolute Gasteiger partial charge is 0.264 e. The van der Waals surface area contributed by atoms with E-state index in [2.05, 4.69) is 10.1 Å². The fourth-order valence-corrected chi connectivity index (χ4v) is 4.13. The first-order chi connectivity index (χ1) is 14.6. The van der Waals surface area contributed by atoms with Gasteiger partial charge in [-0.15, -0.1) is 0 Å². The van der Waals surface area contributed by atoms with Crippen molar-refractivity contribution >= 4 is 10.0 Å². The highest BCUT2D eigenvalue weighted by Gasteiger charge is 2.31. The lowest BCUT2D eigenvalue weighted by Gasteiger charge is -2.12. The molecule has 0 aliphatic heterocycles. The first-order valence-electron chi connectivity index (χ1n) is 8.83. The molecule has 2 heterocycles. The highest BCUT2D eigenvalue weighted by atomic mass is 32.2. The van der Waals surface area contributed by atoms with E-state index in [1.54, 1.807) is 12.1 Å². The highest BCUT2D eigenvalue weighted by molar-refractivity contribution is 7.89. The summed E-state index contributed by atoms with van der Waals surface area (Å²) in [6.07, 6.45) is 0.537. The minimum absolute atomic E-state index is 0.120. The van der Waals surface area contributed by atoms with Gasteiger partial charge in [0.05, 0.1) is 22.9 Å². The normalized spacial score (nSPS) is 12.1. The second-order valence-corrected chi connectivity index (χ2v) is 8.40. The summed E-state index contributed by atoms with van der Waals surface area (Å²) in [4.78, 5) is 3.59. The van der Waals surface area contributed by atoms with E-state index in [0.717, 1.165) is 36.7 Å². The van der Waals surface area contributed by atoms with Crippen LogP contribution in [0.25, 0.3) is 22.3 Å². The second-order valence-electron chi connectivity index (χ2n) is 6.60. The number of nitrogens with zero attached hydrogens (tertiary/aromatic N) is 3. The molecule has 0 fully saturated rings. The van der Waals surface area contributed by atoms with Crippen molar-refractivity contribution in [1.29, 1.82) is 0 Å². The number of rotatable bonds is 4. The number of aromatic nitrogens is 3. The molecule has 0 atom stereocenters. The van der Waals surface area contributed by atoms with Crippen LogP contribution in [0.1, 0.15) is 5.56 Å². The zero-order chi connectivity index (χ0) is 22.2. The third-order valence-corrected chi connectivity index (χ3v) is 6.03. The standard InChI is InChI=1S/C21H13F4N3O2S/c22-19-4-1-5-20(10-19)31(29,30)28-13-17(12-27-28)16-7-15(14-3-2-6-26-11-14)8-18(9-16)21(23,24)25/h1-13H. The minimum atomic E-state index is -4.61. The zero-order valence-electron chi connectivity index (χ0n) is 15.6. The molecule has 2 aromatic carbocycles. The molecule has 2 aromatic heterocycles. The number of pyridine rings is 1. The van der Waals surface area contributed by atoms with E-state index in [4.69, 9.17) is 0 Å². The van der Waals surface area contributed by atoms with E-state index in [9.17, 15) is 26.0 Å². The second kappa shape index (κ2) is 7.62. The lowest BCUT2D eigenvalue weighted by molar-refractivity contribution is -0.137. The van der Waals surface area contributed by atoms with Crippen LogP contribution in [0, 0.1) is 5.82 Å². The first kappa shape index (κ1) is 20.7. The fourth-order valence-electron chi connectivity index (χ4n) is 2.98. The quantitative estimate of drug-likeness (QED) is 0.413. The van der Waals surface area contributed by atoms with Crippen molar-refractivity contribution in [3.8, 4) is 22.3 Å². The van der Waals surface area contributed by atoms with Crippen LogP contribution in [-0.2, 0) is 16.2 Å². The van der Waals surface area contributed by atoms with Gasteiger partial charge < -0.3 is 0 Å². The van der Waals surface area contributed by atoms with Gasteiger partial charge in [0, 0.05) is 23.5 Å². The van der Waals surface area contributed by atoms with Gasteiger partial charge in [0.2, 0.25) is 0 Å². The van der Waals surface area contributed by atoms with Crippen LogP contribution >= 0.6 is 0 Å². The van der Waals surface area contributed by atoms with Crippen molar-refractivity contribution in [3.63, 3.8) is 0 Å². The predicted molar refractivity (Wildman–Crippen MR) is 105 cm³/mol. The molecule has 0 unspecified atom stereocenters. The zero-order valence-corrected chi connectivity index (χ0v) is 16.4. The predicted octanol–water partition coefficient (Wildman–Crippen LogP) is 5.01. The molecule has 5 nitrogen and oxygen atoms in total. The molecular weight excluding hydrogens is 434 g/mol. The number of benzene rings is 2. The maximum atomic E-state index is 13.5. The molecule has 10 heteroatoms. The van der Waals surface area contributed by atoms with E-state index >= 15 is 0 Å². The lowest BCUT2D eigenvalue weighted by atomic mass is 9.98. The molecule has 0 saturated heterocycles. The molecule has 4 aromatic rings. The summed E-state index contributed by atoms with van der Waals surface area (Å²) >= 11 is 0. The van der Waals surface area contributed by atoms with Gasteiger partial charge in [-0.1, -0.05) is 12.1 Å². The molecule has 31 heavy (non-hydrogen) atoms. The molecule has 0 saturated carbocycles. The van der Waals surface area contributed by atoms with Crippen LogP contribution in [0.5, 0.6) is 0 Å². The van der Waals surface area contributed by atoms with Gasteiger partial charge in [0.15, 0.2) is 0 Å². The summed E-state index contributed by atoms with van der Waals surface area (Å²) in [6.45, 7) is 0. The molecule has 0 bridgehead atoms. The maximum absolute atomic E-state index is 13.5. The van der Waals surface area contributed by atoms with Crippen LogP contribution in [0.15, 0.2) is 84.3 Å². The van der Waals surface area contributed by atoms with Crippen LogP contribution in [0.4, 0.5) is 17.6 Å². The van der Waals surface area contributed by atoms with Crippen LogP contribution in [0.3, 0.4) is 0 Å². The third kappa shape index (κ3) is 4.19. The van der Waals surface area contributed by atoms with Crippen LogP contribution in [0.2, 0.25) is 0 Å². The summed E-state index contributed by atoms with van der Waals surface area (Å²) < 4.78 is 79.8. The molecule has 0 spiro atoms. The Kier molecular flexibility index (Phi) is 5.10. The molecule has 0 aliphatic carbocycles. The van der Waals surface area contributed by atoms with Gasteiger partial charge in [-0.3, -0.25) is 4.98 Å². The van der Waals surface area contributed by atoms with Gasteiger partial charge in [-0.05, 0) is 53.6 Å². The van der Waals surface area contributed by atoms with E-state index in [-0.39, 0.29) is 21.6 Å². The van der Waals surface area contributed by atoms with Crippen LogP contribution < -0.4 is 0 Å². The average molecular weight is 447 g/mol. The molecule has 0 radical (unpaired) electrons. The average Bonchev–Trinajstić information content (AvgIpc) is 3.25. The molecular formula is C21H13F4N3O2S. The van der Waals surface area contributed by atoms with Gasteiger partial charge >= 0.3 is 6.18 Å². The Morgan fingerprint density at radius 2 is 1.58 bits per heavy atom. The SMILES string of the molecule is O=S(=O)(c1cccc(F)c1)n1cc(-c2cc(-c3cccnc3)cc(C(F)(F)F)c2)cn1. The number of hydrogen-bond acceptors (Lipinski definition) is 4. The van der Waals surface area contributed by atoms with E-state index in [1.165, 1.54) is 30.6 Å². The maximum Gasteiger partial charge on any atom is 0.416 e.